The second-order valence-electron chi connectivity index (χ2n) is 7.69. The molecule has 1 fully saturated rings. The molecule has 2 atom stereocenters. The van der Waals surface area contributed by atoms with E-state index in [2.05, 4.69) is 33.9 Å². The van der Waals surface area contributed by atoms with Gasteiger partial charge in [0.25, 0.3) is 0 Å². The van der Waals surface area contributed by atoms with Gasteiger partial charge in [-0.2, -0.15) is 0 Å². The number of ketones is 1. The van der Waals surface area contributed by atoms with Gasteiger partial charge < -0.3 is 13.9 Å². The van der Waals surface area contributed by atoms with E-state index in [1.54, 1.807) is 6.92 Å². The van der Waals surface area contributed by atoms with E-state index in [0.29, 0.717) is 13.0 Å². The molecule has 0 saturated carbocycles. The first kappa shape index (κ1) is 17.8. The Hall–Kier alpha value is -0.233. The van der Waals surface area contributed by atoms with Crippen molar-refractivity contribution in [1.29, 1.82) is 0 Å². The fraction of sp³-hybridized carbons (Fsp3) is 0.933. The zero-order valence-electron chi connectivity index (χ0n) is 14.2. The van der Waals surface area contributed by atoms with Crippen molar-refractivity contribution in [2.45, 2.75) is 84.1 Å². The summed E-state index contributed by atoms with van der Waals surface area (Å²) in [5.41, 5.74) is 0. The van der Waals surface area contributed by atoms with E-state index in [0.717, 1.165) is 0 Å². The highest BCUT2D eigenvalue weighted by Gasteiger charge is 2.44. The van der Waals surface area contributed by atoms with Crippen LogP contribution in [0, 0.1) is 0 Å². The second-order valence-corrected chi connectivity index (χ2v) is 12.5. The van der Waals surface area contributed by atoms with Crippen LogP contribution in [0.5, 0.6) is 0 Å². The molecule has 0 aromatic heterocycles. The monoisotopic (exact) mass is 302 g/mol. The summed E-state index contributed by atoms with van der Waals surface area (Å²) < 4.78 is 17.9. The van der Waals surface area contributed by atoms with Crippen molar-refractivity contribution in [2.24, 2.45) is 0 Å². The van der Waals surface area contributed by atoms with Crippen LogP contribution in [-0.4, -0.2) is 38.7 Å². The van der Waals surface area contributed by atoms with Gasteiger partial charge in [-0.15, -0.1) is 0 Å². The second kappa shape index (κ2) is 5.87. The van der Waals surface area contributed by atoms with E-state index < -0.39 is 14.1 Å². The molecular weight excluding hydrogens is 272 g/mol. The lowest BCUT2D eigenvalue weighted by Crippen LogP contribution is -2.44. The van der Waals surface area contributed by atoms with Crippen LogP contribution < -0.4 is 0 Å². The molecule has 118 valence electrons. The maximum absolute atomic E-state index is 11.3. The van der Waals surface area contributed by atoms with E-state index in [1.807, 2.05) is 13.8 Å². The van der Waals surface area contributed by atoms with Gasteiger partial charge in [-0.25, -0.2) is 0 Å². The predicted octanol–water partition coefficient (Wildman–Crippen LogP) is 3.51. The molecule has 1 saturated heterocycles. The third kappa shape index (κ3) is 4.65. The first-order chi connectivity index (χ1) is 8.84. The van der Waals surface area contributed by atoms with Gasteiger partial charge in [-0.05, 0) is 38.9 Å². The molecule has 1 rings (SSSR count). The number of carbonyl (C=O) groups excluding carboxylic acids is 1. The summed E-state index contributed by atoms with van der Waals surface area (Å²) in [4.78, 5) is 11.3. The standard InChI is InChI=1S/C15H30O4Si/c1-11(16)9-12-13(19-15(5,6)18-12)10-17-20(7,8)14(2,3)4/h12-13H,9-10H2,1-8H3/t12-,13-/m1/s1. The average molecular weight is 302 g/mol. The highest BCUT2D eigenvalue weighted by atomic mass is 28.4. The van der Waals surface area contributed by atoms with Crippen molar-refractivity contribution in [3.8, 4) is 0 Å². The van der Waals surface area contributed by atoms with Gasteiger partial charge in [0.1, 0.15) is 11.9 Å². The normalized spacial score (nSPS) is 26.8. The summed E-state index contributed by atoms with van der Waals surface area (Å²) in [6, 6.07) is 0. The molecule has 0 aliphatic carbocycles. The van der Waals surface area contributed by atoms with Gasteiger partial charge in [0.15, 0.2) is 14.1 Å². The van der Waals surface area contributed by atoms with Crippen molar-refractivity contribution in [1.82, 2.24) is 0 Å². The summed E-state index contributed by atoms with van der Waals surface area (Å²) in [6.07, 6.45) is 0.0184. The number of ether oxygens (including phenoxy) is 2. The zero-order chi connectivity index (χ0) is 15.8. The third-order valence-electron chi connectivity index (χ3n) is 4.19. The molecule has 1 aliphatic heterocycles. The summed E-state index contributed by atoms with van der Waals surface area (Å²) in [7, 11) is -1.81. The fourth-order valence-electron chi connectivity index (χ4n) is 2.01. The molecule has 4 nitrogen and oxygen atoms in total. The van der Waals surface area contributed by atoms with Crippen LogP contribution in [0.15, 0.2) is 0 Å². The number of Topliss-reactive ketones (excluding diaryl/α,β-unsaturated/α-hetero) is 1. The Morgan fingerprint density at radius 1 is 1.20 bits per heavy atom. The van der Waals surface area contributed by atoms with E-state index in [-0.39, 0.29) is 23.0 Å². The smallest absolute Gasteiger partial charge is 0.192 e. The van der Waals surface area contributed by atoms with E-state index in [9.17, 15) is 4.79 Å². The van der Waals surface area contributed by atoms with Gasteiger partial charge in [-0.3, -0.25) is 4.79 Å². The maximum atomic E-state index is 11.3. The average Bonchev–Trinajstić information content (AvgIpc) is 2.47. The number of carbonyl (C=O) groups is 1. The molecule has 1 aliphatic rings. The molecule has 20 heavy (non-hydrogen) atoms. The molecule has 0 bridgehead atoms. The molecule has 0 aromatic rings. The maximum Gasteiger partial charge on any atom is 0.192 e. The Kier molecular flexibility index (Phi) is 5.23. The van der Waals surface area contributed by atoms with Gasteiger partial charge in [0, 0.05) is 6.42 Å². The number of rotatable bonds is 5. The Bertz CT molecular complexity index is 357. The minimum atomic E-state index is -1.81. The number of hydrogen-bond acceptors (Lipinski definition) is 4. The molecule has 0 spiro atoms. The SMILES string of the molecule is CC(=O)C[C@H]1OC(C)(C)O[C@@H]1CO[Si](C)(C)C(C)(C)C. The van der Waals surface area contributed by atoms with Crippen molar-refractivity contribution < 1.29 is 18.7 Å². The highest BCUT2D eigenvalue weighted by Crippen LogP contribution is 2.38. The molecule has 0 N–H and O–H groups in total. The molecule has 0 aromatic carbocycles. The van der Waals surface area contributed by atoms with Gasteiger partial charge in [-0.1, -0.05) is 20.8 Å². The lowest BCUT2D eigenvalue weighted by atomic mass is 10.1. The Morgan fingerprint density at radius 2 is 1.70 bits per heavy atom. The molecule has 0 radical (unpaired) electrons. The molecule has 1 heterocycles. The molecule has 5 heteroatoms. The first-order valence-corrected chi connectivity index (χ1v) is 10.2. The van der Waals surface area contributed by atoms with Crippen LogP contribution in [0.25, 0.3) is 0 Å². The van der Waals surface area contributed by atoms with Gasteiger partial charge in [0.05, 0.1) is 12.7 Å². The minimum Gasteiger partial charge on any atom is -0.414 e. The van der Waals surface area contributed by atoms with E-state index in [4.69, 9.17) is 13.9 Å². The van der Waals surface area contributed by atoms with Crippen molar-refractivity contribution in [3.05, 3.63) is 0 Å². The molecule has 0 amide bonds. The highest BCUT2D eigenvalue weighted by molar-refractivity contribution is 6.74. The summed E-state index contributed by atoms with van der Waals surface area (Å²) in [5.74, 6) is -0.518. The largest absolute Gasteiger partial charge is 0.414 e. The lowest BCUT2D eigenvalue weighted by molar-refractivity contribution is -0.150. The Balaban J connectivity index is 2.67. The van der Waals surface area contributed by atoms with E-state index in [1.165, 1.54) is 0 Å². The number of hydrogen-bond donors (Lipinski definition) is 0. The van der Waals surface area contributed by atoms with Gasteiger partial charge in [0.2, 0.25) is 0 Å². The first-order valence-electron chi connectivity index (χ1n) is 7.33. The van der Waals surface area contributed by atoms with Crippen LogP contribution in [0.4, 0.5) is 0 Å². The van der Waals surface area contributed by atoms with Gasteiger partial charge >= 0.3 is 0 Å². The summed E-state index contributed by atoms with van der Waals surface area (Å²) in [5, 5.41) is 0.165. The quantitative estimate of drug-likeness (QED) is 0.729. The van der Waals surface area contributed by atoms with E-state index >= 15 is 0 Å². The van der Waals surface area contributed by atoms with Crippen LogP contribution in [-0.2, 0) is 18.7 Å². The minimum absolute atomic E-state index is 0.119. The van der Waals surface area contributed by atoms with Crippen LogP contribution in [0.1, 0.15) is 48.0 Å². The van der Waals surface area contributed by atoms with Crippen molar-refractivity contribution in [2.75, 3.05) is 6.61 Å². The lowest BCUT2D eigenvalue weighted by Gasteiger charge is -2.37. The van der Waals surface area contributed by atoms with Crippen LogP contribution in [0.3, 0.4) is 0 Å². The Morgan fingerprint density at radius 3 is 2.15 bits per heavy atom. The summed E-state index contributed by atoms with van der Waals surface area (Å²) >= 11 is 0. The fourth-order valence-corrected chi connectivity index (χ4v) is 3.03. The summed E-state index contributed by atoms with van der Waals surface area (Å²) in [6.45, 7) is 16.9. The van der Waals surface area contributed by atoms with Crippen molar-refractivity contribution in [3.63, 3.8) is 0 Å². The predicted molar refractivity (Wildman–Crippen MR) is 82.3 cm³/mol. The third-order valence-corrected chi connectivity index (χ3v) is 8.69. The molecular formula is C15H30O4Si. The zero-order valence-corrected chi connectivity index (χ0v) is 15.2. The Labute approximate surface area is 124 Å². The topological polar surface area (TPSA) is 44.8 Å². The van der Waals surface area contributed by atoms with Crippen molar-refractivity contribution >= 4 is 14.1 Å². The van der Waals surface area contributed by atoms with Crippen LogP contribution in [0.2, 0.25) is 18.1 Å². The van der Waals surface area contributed by atoms with Crippen LogP contribution >= 0.6 is 0 Å². The molecule has 0 unspecified atom stereocenters.